The molecule has 8 atom stereocenters. The zero-order chi connectivity index (χ0) is 20.3. The minimum atomic E-state index is -0.286. The summed E-state index contributed by atoms with van der Waals surface area (Å²) in [7, 11) is 0. The molecule has 3 saturated carbocycles. The van der Waals surface area contributed by atoms with Crippen molar-refractivity contribution in [1.82, 2.24) is 0 Å². The zero-order valence-corrected chi connectivity index (χ0v) is 19.5. The molecule has 5 aliphatic rings. The van der Waals surface area contributed by atoms with E-state index >= 15 is 0 Å². The predicted molar refractivity (Wildman–Crippen MR) is 116 cm³/mol. The Bertz CT molecular complexity index is 618. The molecule has 0 aromatic carbocycles. The summed E-state index contributed by atoms with van der Waals surface area (Å²) in [6.07, 6.45) is 10.9. The fourth-order valence-electron chi connectivity index (χ4n) is 8.91. The van der Waals surface area contributed by atoms with Gasteiger partial charge in [0.05, 0.1) is 13.2 Å². The Hall–Kier alpha value is -0.340. The van der Waals surface area contributed by atoms with Crippen LogP contribution in [0.3, 0.4) is 0 Å². The molecule has 8 unspecified atom stereocenters. The first-order chi connectivity index (χ1) is 13.3. The molecule has 0 aromatic heterocycles. The van der Waals surface area contributed by atoms with Gasteiger partial charge in [-0.25, -0.2) is 0 Å². The van der Waals surface area contributed by atoms with Gasteiger partial charge in [-0.15, -0.1) is 0 Å². The van der Waals surface area contributed by atoms with Crippen molar-refractivity contribution in [2.24, 2.45) is 46.3 Å². The van der Waals surface area contributed by atoms with Crippen LogP contribution < -0.4 is 0 Å². The average molecular weight is 389 g/mol. The van der Waals surface area contributed by atoms with Gasteiger partial charge in [0.2, 0.25) is 0 Å². The molecule has 0 radical (unpaired) electrons. The maximum atomic E-state index is 6.30. The smallest absolute Gasteiger partial charge is 0.173 e. The van der Waals surface area contributed by atoms with E-state index in [9.17, 15) is 0 Å². The van der Waals surface area contributed by atoms with Crippen molar-refractivity contribution in [3.63, 3.8) is 0 Å². The second-order valence-corrected chi connectivity index (χ2v) is 11.0. The summed E-state index contributed by atoms with van der Waals surface area (Å²) in [5, 5.41) is 0. The molecule has 4 aliphatic carbocycles. The minimum Gasteiger partial charge on any atom is -0.347 e. The van der Waals surface area contributed by atoms with Gasteiger partial charge in [-0.05, 0) is 80.0 Å². The van der Waals surface area contributed by atoms with Gasteiger partial charge in [0.25, 0.3) is 0 Å². The lowest BCUT2D eigenvalue weighted by molar-refractivity contribution is -0.289. The SMILES string of the molecule is CC.CC1=CCC2C3CCC4C(C)C5(OCCO5)C(C)CC4(C)C3CCC12C. The Kier molecular flexibility index (Phi) is 5.32. The summed E-state index contributed by atoms with van der Waals surface area (Å²) in [4.78, 5) is 0. The van der Waals surface area contributed by atoms with Crippen LogP contribution in [0.5, 0.6) is 0 Å². The average Bonchev–Trinajstić information content (AvgIpc) is 3.28. The zero-order valence-electron chi connectivity index (χ0n) is 19.5. The highest BCUT2D eigenvalue weighted by Crippen LogP contribution is 2.69. The highest BCUT2D eigenvalue weighted by molar-refractivity contribution is 5.24. The molecule has 4 fully saturated rings. The molecule has 28 heavy (non-hydrogen) atoms. The van der Waals surface area contributed by atoms with Gasteiger partial charge < -0.3 is 9.47 Å². The molecule has 1 aliphatic heterocycles. The van der Waals surface area contributed by atoms with Gasteiger partial charge in [-0.2, -0.15) is 0 Å². The van der Waals surface area contributed by atoms with Crippen LogP contribution in [0, 0.1) is 46.3 Å². The summed E-state index contributed by atoms with van der Waals surface area (Å²) in [5.41, 5.74) is 2.65. The molecular weight excluding hydrogens is 344 g/mol. The fraction of sp³-hybridized carbons (Fsp3) is 0.923. The Balaban J connectivity index is 0.000000932. The molecule has 5 rings (SSSR count). The van der Waals surface area contributed by atoms with E-state index in [1.54, 1.807) is 5.57 Å². The maximum Gasteiger partial charge on any atom is 0.173 e. The third kappa shape index (κ3) is 2.59. The number of hydrogen-bond acceptors (Lipinski definition) is 2. The Morgan fingerprint density at radius 3 is 2.29 bits per heavy atom. The summed E-state index contributed by atoms with van der Waals surface area (Å²) >= 11 is 0. The van der Waals surface area contributed by atoms with Crippen molar-refractivity contribution in [2.45, 2.75) is 92.8 Å². The summed E-state index contributed by atoms with van der Waals surface area (Å²) in [6, 6.07) is 0. The summed E-state index contributed by atoms with van der Waals surface area (Å²) < 4.78 is 12.6. The van der Waals surface area contributed by atoms with E-state index in [0.29, 0.717) is 22.7 Å². The van der Waals surface area contributed by atoms with Crippen molar-refractivity contribution in [2.75, 3.05) is 13.2 Å². The molecule has 1 saturated heterocycles. The molecule has 0 amide bonds. The van der Waals surface area contributed by atoms with E-state index in [2.05, 4.69) is 40.7 Å². The summed E-state index contributed by atoms with van der Waals surface area (Å²) in [5.74, 6) is 4.25. The first-order valence-electron chi connectivity index (χ1n) is 12.3. The van der Waals surface area contributed by atoms with Crippen molar-refractivity contribution >= 4 is 0 Å². The maximum absolute atomic E-state index is 6.30. The van der Waals surface area contributed by atoms with Crippen molar-refractivity contribution in [3.8, 4) is 0 Å². The number of allylic oxidation sites excluding steroid dienone is 2. The van der Waals surface area contributed by atoms with Crippen LogP contribution in [-0.2, 0) is 9.47 Å². The Morgan fingerprint density at radius 2 is 1.61 bits per heavy atom. The standard InChI is InChI=1S/C24H38O2.C2H6/c1-15-6-8-20-18-7-9-19-17(3)24(25-12-13-26-24)16(2)14-23(19,5)21(18)10-11-22(15,20)4;1-2/h6,16-21H,7-14H2,1-5H3;1-2H3. The van der Waals surface area contributed by atoms with Gasteiger partial charge in [0, 0.05) is 11.8 Å². The van der Waals surface area contributed by atoms with Crippen molar-refractivity contribution in [3.05, 3.63) is 11.6 Å². The van der Waals surface area contributed by atoms with E-state index in [1.807, 2.05) is 13.8 Å². The molecule has 1 spiro atoms. The molecular formula is C26H44O2. The lowest BCUT2D eigenvalue weighted by Gasteiger charge is -2.64. The van der Waals surface area contributed by atoms with E-state index < -0.39 is 0 Å². The van der Waals surface area contributed by atoms with Crippen LogP contribution in [0.25, 0.3) is 0 Å². The quantitative estimate of drug-likeness (QED) is 0.423. The highest BCUT2D eigenvalue weighted by Gasteiger charge is 2.65. The third-order valence-corrected chi connectivity index (χ3v) is 10.3. The number of hydrogen-bond donors (Lipinski definition) is 0. The lowest BCUT2D eigenvalue weighted by atomic mass is 9.42. The molecule has 0 N–H and O–H groups in total. The molecule has 1 heterocycles. The third-order valence-electron chi connectivity index (χ3n) is 10.3. The highest BCUT2D eigenvalue weighted by atomic mass is 16.7. The second kappa shape index (κ2) is 7.12. The second-order valence-electron chi connectivity index (χ2n) is 11.0. The normalized spacial score (nSPS) is 51.5. The molecule has 2 heteroatoms. The van der Waals surface area contributed by atoms with Crippen LogP contribution in [0.15, 0.2) is 11.6 Å². The van der Waals surface area contributed by atoms with E-state index in [-0.39, 0.29) is 5.79 Å². The first kappa shape index (κ1) is 20.9. The first-order valence-corrected chi connectivity index (χ1v) is 12.3. The molecule has 0 aromatic rings. The van der Waals surface area contributed by atoms with Crippen LogP contribution in [-0.4, -0.2) is 19.0 Å². The van der Waals surface area contributed by atoms with Gasteiger partial charge in [-0.1, -0.05) is 53.2 Å². The van der Waals surface area contributed by atoms with Crippen LogP contribution in [0.2, 0.25) is 0 Å². The Morgan fingerprint density at radius 1 is 0.929 bits per heavy atom. The van der Waals surface area contributed by atoms with Crippen molar-refractivity contribution in [1.29, 1.82) is 0 Å². The van der Waals surface area contributed by atoms with E-state index in [1.165, 1.54) is 38.5 Å². The molecule has 0 bridgehead atoms. The largest absolute Gasteiger partial charge is 0.347 e. The van der Waals surface area contributed by atoms with Crippen LogP contribution in [0.4, 0.5) is 0 Å². The lowest BCUT2D eigenvalue weighted by Crippen LogP contribution is -2.62. The topological polar surface area (TPSA) is 18.5 Å². The predicted octanol–water partition coefficient (Wildman–Crippen LogP) is 6.85. The Labute approximate surface area is 173 Å². The van der Waals surface area contributed by atoms with Gasteiger partial charge >= 0.3 is 0 Å². The van der Waals surface area contributed by atoms with Gasteiger partial charge in [0.15, 0.2) is 5.79 Å². The van der Waals surface area contributed by atoms with Crippen molar-refractivity contribution < 1.29 is 9.47 Å². The van der Waals surface area contributed by atoms with E-state index in [0.717, 1.165) is 36.9 Å². The van der Waals surface area contributed by atoms with Crippen LogP contribution >= 0.6 is 0 Å². The number of fused-ring (bicyclic) bond motifs is 5. The van der Waals surface area contributed by atoms with Crippen LogP contribution in [0.1, 0.15) is 87.0 Å². The fourth-order valence-corrected chi connectivity index (χ4v) is 8.91. The van der Waals surface area contributed by atoms with E-state index in [4.69, 9.17) is 9.47 Å². The molecule has 2 nitrogen and oxygen atoms in total. The molecule has 160 valence electrons. The monoisotopic (exact) mass is 388 g/mol. The number of ether oxygens (including phenoxy) is 2. The number of rotatable bonds is 0. The van der Waals surface area contributed by atoms with Gasteiger partial charge in [-0.3, -0.25) is 0 Å². The minimum absolute atomic E-state index is 0.286. The summed E-state index contributed by atoms with van der Waals surface area (Å²) in [6.45, 7) is 18.0. The van der Waals surface area contributed by atoms with Gasteiger partial charge in [0.1, 0.15) is 0 Å².